The Morgan fingerprint density at radius 3 is 1.57 bits per heavy atom. The van der Waals surface area contributed by atoms with E-state index in [1.807, 2.05) is 6.20 Å². The lowest BCUT2D eigenvalue weighted by atomic mass is 9.92. The number of anilines is 3. The molecule has 0 aliphatic carbocycles. The second-order valence-corrected chi connectivity index (χ2v) is 17.7. The predicted molar refractivity (Wildman–Crippen MR) is 264 cm³/mol. The van der Waals surface area contributed by atoms with Crippen molar-refractivity contribution in [1.29, 1.82) is 0 Å². The normalized spacial score (nSPS) is 12.1. The highest BCUT2D eigenvalue weighted by atomic mass is 15.3. The number of rotatable bonds is 9. The summed E-state index contributed by atoms with van der Waals surface area (Å²) in [5.41, 5.74) is 14.8. The Morgan fingerprint density at radius 2 is 0.952 bits per heavy atom. The summed E-state index contributed by atoms with van der Waals surface area (Å²) in [7, 11) is 0. The van der Waals surface area contributed by atoms with Crippen LogP contribution in [0.1, 0.15) is 76.0 Å². The molecule has 11 aromatic rings. The molecular weight excluding hydrogens is 769 g/mol. The van der Waals surface area contributed by atoms with E-state index in [2.05, 4.69) is 230 Å². The zero-order valence-electron chi connectivity index (χ0n) is 36.7. The zero-order valence-corrected chi connectivity index (χ0v) is 36.7. The molecule has 4 aromatic heterocycles. The van der Waals surface area contributed by atoms with E-state index in [4.69, 9.17) is 9.97 Å². The fraction of sp³-hybridized carbons (Fsp3) is 0.158. The quantitative estimate of drug-likeness (QED) is 0.146. The van der Waals surface area contributed by atoms with E-state index in [1.165, 1.54) is 43.9 Å². The van der Waals surface area contributed by atoms with Crippen molar-refractivity contribution in [2.75, 3.05) is 4.90 Å². The minimum Gasteiger partial charge on any atom is -0.310 e. The Morgan fingerprint density at radius 1 is 0.413 bits per heavy atom. The third-order valence-electron chi connectivity index (χ3n) is 12.8. The van der Waals surface area contributed by atoms with Gasteiger partial charge in [0.25, 0.3) is 0 Å². The SMILES string of the molecule is CC(C)c1ccnc(-n2c3ccccc3c3ccc(N(c4ccccc4)c4ccc5c6ccccc6n(-c6nc7ccccc7n6-c6c(C(C)C)cccc6C(C)C)c5c4)cc32)c1. The molecule has 0 aliphatic heterocycles. The van der Waals surface area contributed by atoms with Gasteiger partial charge in [-0.05, 0) is 107 Å². The van der Waals surface area contributed by atoms with Crippen LogP contribution in [0.15, 0.2) is 176 Å². The zero-order chi connectivity index (χ0) is 42.9. The van der Waals surface area contributed by atoms with Gasteiger partial charge >= 0.3 is 0 Å². The standard InChI is InChI=1S/C57H50N6/c1-36(2)39-31-32-58-55(33-39)61-50-24-13-10-19-45(50)47-29-27-41(34-53(47)61)60(40-17-8-7-9-18-40)42-28-30-48-46-20-11-14-25-51(46)62(54(48)35-42)57-59-49-23-12-15-26-52(49)63(57)56-43(37(3)4)21-16-22-44(56)38(5)6/h7-38H,1-6H3. The first-order valence-electron chi connectivity index (χ1n) is 22.3. The molecule has 63 heavy (non-hydrogen) atoms. The maximum Gasteiger partial charge on any atom is 0.220 e. The molecule has 0 bridgehead atoms. The van der Waals surface area contributed by atoms with Crippen LogP contribution in [-0.2, 0) is 0 Å². The van der Waals surface area contributed by atoms with Gasteiger partial charge in [0.15, 0.2) is 0 Å². The van der Waals surface area contributed by atoms with Gasteiger partial charge in [-0.15, -0.1) is 0 Å². The summed E-state index contributed by atoms with van der Waals surface area (Å²) in [5.74, 6) is 2.80. The maximum absolute atomic E-state index is 5.54. The van der Waals surface area contributed by atoms with E-state index < -0.39 is 0 Å². The van der Waals surface area contributed by atoms with Crippen LogP contribution in [0.3, 0.4) is 0 Å². The molecule has 0 unspecified atom stereocenters. The molecule has 11 rings (SSSR count). The van der Waals surface area contributed by atoms with Crippen LogP contribution >= 0.6 is 0 Å². The molecule has 7 aromatic carbocycles. The number of fused-ring (bicyclic) bond motifs is 7. The van der Waals surface area contributed by atoms with Gasteiger partial charge in [0.1, 0.15) is 5.82 Å². The van der Waals surface area contributed by atoms with Crippen LogP contribution < -0.4 is 4.90 Å². The minimum atomic E-state index is 0.308. The summed E-state index contributed by atoms with van der Waals surface area (Å²) in [4.78, 5) is 12.9. The average molecular weight is 819 g/mol. The molecule has 0 radical (unpaired) electrons. The van der Waals surface area contributed by atoms with E-state index in [-0.39, 0.29) is 0 Å². The molecular formula is C57H50N6. The summed E-state index contributed by atoms with van der Waals surface area (Å²) in [5, 5.41) is 4.76. The van der Waals surface area contributed by atoms with Gasteiger partial charge in [-0.3, -0.25) is 13.7 Å². The minimum absolute atomic E-state index is 0.308. The number of para-hydroxylation sites is 6. The Labute approximate surface area is 368 Å². The molecule has 4 heterocycles. The number of hydrogen-bond acceptors (Lipinski definition) is 3. The average Bonchev–Trinajstić information content (AvgIpc) is 3.96. The van der Waals surface area contributed by atoms with Crippen molar-refractivity contribution in [3.8, 4) is 17.5 Å². The summed E-state index contributed by atoms with van der Waals surface area (Å²) in [6, 6.07) is 61.7. The second kappa shape index (κ2) is 15.2. The lowest BCUT2D eigenvalue weighted by Gasteiger charge is -2.26. The van der Waals surface area contributed by atoms with E-state index in [0.717, 1.165) is 61.9 Å². The monoisotopic (exact) mass is 818 g/mol. The highest BCUT2D eigenvalue weighted by Crippen LogP contribution is 2.43. The fourth-order valence-corrected chi connectivity index (χ4v) is 9.75. The van der Waals surface area contributed by atoms with Crippen LogP contribution in [0.4, 0.5) is 17.1 Å². The van der Waals surface area contributed by atoms with Gasteiger partial charge < -0.3 is 4.90 Å². The topological polar surface area (TPSA) is 43.8 Å². The molecule has 0 N–H and O–H groups in total. The van der Waals surface area contributed by atoms with Gasteiger partial charge in [-0.1, -0.05) is 139 Å². The van der Waals surface area contributed by atoms with E-state index in [0.29, 0.717) is 17.8 Å². The smallest absolute Gasteiger partial charge is 0.220 e. The third-order valence-corrected chi connectivity index (χ3v) is 12.8. The number of aromatic nitrogens is 5. The van der Waals surface area contributed by atoms with Crippen LogP contribution in [0.5, 0.6) is 0 Å². The molecule has 0 spiro atoms. The van der Waals surface area contributed by atoms with E-state index in [1.54, 1.807) is 0 Å². The lowest BCUT2D eigenvalue weighted by Crippen LogP contribution is -2.12. The molecule has 0 saturated heterocycles. The number of hydrogen-bond donors (Lipinski definition) is 0. The molecule has 0 amide bonds. The Hall–Kier alpha value is -7.44. The van der Waals surface area contributed by atoms with Crippen LogP contribution in [0.2, 0.25) is 0 Å². The molecule has 0 fully saturated rings. The van der Waals surface area contributed by atoms with Gasteiger partial charge in [0, 0.05) is 44.8 Å². The number of nitrogens with zero attached hydrogens (tertiary/aromatic N) is 6. The first-order chi connectivity index (χ1) is 30.8. The lowest BCUT2D eigenvalue weighted by molar-refractivity contribution is 0.802. The van der Waals surface area contributed by atoms with Crippen molar-refractivity contribution in [2.45, 2.75) is 59.3 Å². The Balaban J connectivity index is 1.19. The summed E-state index contributed by atoms with van der Waals surface area (Å²) >= 11 is 0. The second-order valence-electron chi connectivity index (χ2n) is 17.7. The highest BCUT2D eigenvalue weighted by molar-refractivity contribution is 6.12. The fourth-order valence-electron chi connectivity index (χ4n) is 9.75. The number of benzene rings is 7. The molecule has 0 atom stereocenters. The van der Waals surface area contributed by atoms with Crippen LogP contribution in [0, 0.1) is 0 Å². The number of pyridine rings is 1. The van der Waals surface area contributed by atoms with Gasteiger partial charge in [-0.2, -0.15) is 0 Å². The first-order valence-corrected chi connectivity index (χ1v) is 22.3. The predicted octanol–water partition coefficient (Wildman–Crippen LogP) is 15.5. The van der Waals surface area contributed by atoms with Crippen molar-refractivity contribution < 1.29 is 0 Å². The Bertz CT molecular complexity index is 3480. The summed E-state index contributed by atoms with van der Waals surface area (Å²) < 4.78 is 7.16. The van der Waals surface area contributed by atoms with Crippen molar-refractivity contribution in [1.82, 2.24) is 23.7 Å². The molecule has 308 valence electrons. The van der Waals surface area contributed by atoms with Crippen LogP contribution in [0.25, 0.3) is 72.1 Å². The van der Waals surface area contributed by atoms with Gasteiger partial charge in [-0.25, -0.2) is 9.97 Å². The van der Waals surface area contributed by atoms with Gasteiger partial charge in [0.2, 0.25) is 5.95 Å². The Kier molecular flexibility index (Phi) is 9.27. The third kappa shape index (κ3) is 6.23. The van der Waals surface area contributed by atoms with Gasteiger partial charge in [0.05, 0.1) is 38.8 Å². The molecule has 0 aliphatic rings. The van der Waals surface area contributed by atoms with Crippen molar-refractivity contribution in [2.24, 2.45) is 0 Å². The van der Waals surface area contributed by atoms with Crippen molar-refractivity contribution in [3.05, 3.63) is 193 Å². The summed E-state index contributed by atoms with van der Waals surface area (Å²) in [6.07, 6.45) is 1.94. The maximum atomic E-state index is 5.54. The first kappa shape index (κ1) is 38.5. The number of imidazole rings is 1. The van der Waals surface area contributed by atoms with Crippen LogP contribution in [-0.4, -0.2) is 23.7 Å². The van der Waals surface area contributed by atoms with E-state index >= 15 is 0 Å². The summed E-state index contributed by atoms with van der Waals surface area (Å²) in [6.45, 7) is 13.7. The molecule has 6 heteroatoms. The van der Waals surface area contributed by atoms with E-state index in [9.17, 15) is 0 Å². The molecule has 0 saturated carbocycles. The highest BCUT2D eigenvalue weighted by Gasteiger charge is 2.26. The van der Waals surface area contributed by atoms with Crippen molar-refractivity contribution in [3.63, 3.8) is 0 Å². The molecule has 6 nitrogen and oxygen atoms in total. The van der Waals surface area contributed by atoms with Crippen molar-refractivity contribution >= 4 is 71.7 Å². The largest absolute Gasteiger partial charge is 0.310 e.